The molecule has 0 fully saturated rings. The lowest BCUT2D eigenvalue weighted by Gasteiger charge is -2.20. The van der Waals surface area contributed by atoms with Gasteiger partial charge in [-0.15, -0.1) is 0 Å². The molecule has 0 aliphatic heterocycles. The Morgan fingerprint density at radius 1 is 0.580 bits per heavy atom. The van der Waals surface area contributed by atoms with E-state index in [1.165, 1.54) is 6.07 Å². The fourth-order valence-electron chi connectivity index (χ4n) is 5.49. The van der Waals surface area contributed by atoms with E-state index in [0.717, 1.165) is 33.4 Å². The third kappa shape index (κ3) is 11.2. The van der Waals surface area contributed by atoms with Crippen LogP contribution >= 0.6 is 0 Å². The topological polar surface area (TPSA) is 104 Å². The molecule has 4 aromatic carbocycles. The summed E-state index contributed by atoms with van der Waals surface area (Å²) in [5.74, 6) is -1.00. The molecule has 0 heterocycles. The number of carboxylic acid groups (broad SMARTS) is 1. The van der Waals surface area contributed by atoms with Crippen molar-refractivity contribution < 1.29 is 29.0 Å². The van der Waals surface area contributed by atoms with Gasteiger partial charge in [0.05, 0.1) is 17.7 Å². The second-order valence-electron chi connectivity index (χ2n) is 13.5. The molecule has 0 bridgehead atoms. The number of esters is 1. The van der Waals surface area contributed by atoms with Gasteiger partial charge in [-0.05, 0) is 91.3 Å². The first-order valence-corrected chi connectivity index (χ1v) is 16.9. The highest BCUT2D eigenvalue weighted by Crippen LogP contribution is 2.26. The smallest absolute Gasteiger partial charge is 0.338 e. The number of aryl methyl sites for hydroxylation is 2. The van der Waals surface area contributed by atoms with Crippen LogP contribution in [-0.4, -0.2) is 72.5 Å². The van der Waals surface area contributed by atoms with Gasteiger partial charge in [0, 0.05) is 38.3 Å². The zero-order valence-electron chi connectivity index (χ0n) is 30.7. The standard InChI is InChI=1S/C22H27NO3.C20H23NO3/c1-6-26-22(25)20-12-18(17-9-7-16(4)8-10-17)11-19(13-20)21(24)23(5)14-15(2)3;1-13(2)12-21(4)19(22)17-9-16(10-18(11-17)20(23)24)15-7-5-14(3)6-8-15/h7-13,15H,6,14H2,1-5H3;5-11,13H,12H2,1-4H3,(H,23,24). The van der Waals surface area contributed by atoms with Crippen LogP contribution in [-0.2, 0) is 4.74 Å². The number of carbonyl (C=O) groups excluding carboxylic acids is 3. The van der Waals surface area contributed by atoms with Crippen LogP contribution in [0.5, 0.6) is 0 Å². The Morgan fingerprint density at radius 3 is 1.30 bits per heavy atom. The van der Waals surface area contributed by atoms with E-state index in [1.807, 2.05) is 82.3 Å². The van der Waals surface area contributed by atoms with Crippen LogP contribution in [0.3, 0.4) is 0 Å². The number of aromatic carboxylic acids is 1. The fraction of sp³-hybridized carbons (Fsp3) is 0.333. The summed E-state index contributed by atoms with van der Waals surface area (Å²) >= 11 is 0. The molecule has 50 heavy (non-hydrogen) atoms. The van der Waals surface area contributed by atoms with Gasteiger partial charge in [-0.3, -0.25) is 9.59 Å². The predicted octanol–water partition coefficient (Wildman–Crippen LogP) is 8.65. The highest BCUT2D eigenvalue weighted by Gasteiger charge is 2.19. The maximum Gasteiger partial charge on any atom is 0.338 e. The number of hydrogen-bond donors (Lipinski definition) is 1. The first kappa shape index (κ1) is 39.2. The first-order chi connectivity index (χ1) is 23.6. The van der Waals surface area contributed by atoms with Gasteiger partial charge in [-0.1, -0.05) is 87.4 Å². The predicted molar refractivity (Wildman–Crippen MR) is 200 cm³/mol. The second-order valence-corrected chi connectivity index (χ2v) is 13.5. The third-order valence-electron chi connectivity index (χ3n) is 7.86. The molecule has 0 aliphatic rings. The van der Waals surface area contributed by atoms with Gasteiger partial charge in [-0.2, -0.15) is 0 Å². The molecule has 4 rings (SSSR count). The number of benzene rings is 4. The molecular weight excluding hydrogens is 628 g/mol. The summed E-state index contributed by atoms with van der Waals surface area (Å²) in [5.41, 5.74) is 7.10. The summed E-state index contributed by atoms with van der Waals surface area (Å²) in [6.45, 7) is 15.6. The van der Waals surface area contributed by atoms with Crippen molar-refractivity contribution in [3.05, 3.63) is 118 Å². The van der Waals surface area contributed by atoms with Gasteiger partial charge >= 0.3 is 11.9 Å². The van der Waals surface area contributed by atoms with E-state index in [0.29, 0.717) is 48.2 Å². The summed E-state index contributed by atoms with van der Waals surface area (Å²) < 4.78 is 5.13. The van der Waals surface area contributed by atoms with Crippen molar-refractivity contribution in [2.75, 3.05) is 33.8 Å². The number of amides is 2. The number of ether oxygens (including phenoxy) is 1. The highest BCUT2D eigenvalue weighted by atomic mass is 16.5. The third-order valence-corrected chi connectivity index (χ3v) is 7.86. The molecular formula is C42H50N2O6. The van der Waals surface area contributed by atoms with Crippen molar-refractivity contribution >= 4 is 23.8 Å². The number of carboxylic acids is 1. The summed E-state index contributed by atoms with van der Waals surface area (Å²) in [4.78, 5) is 52.5. The van der Waals surface area contributed by atoms with Crippen LogP contribution < -0.4 is 0 Å². The molecule has 2 amide bonds. The summed E-state index contributed by atoms with van der Waals surface area (Å²) in [6.07, 6.45) is 0. The van der Waals surface area contributed by atoms with Crippen LogP contribution in [0, 0.1) is 25.7 Å². The minimum absolute atomic E-state index is 0.0989. The molecule has 0 atom stereocenters. The van der Waals surface area contributed by atoms with Crippen molar-refractivity contribution in [2.45, 2.75) is 48.5 Å². The Bertz CT molecular complexity index is 1790. The number of carbonyl (C=O) groups is 4. The van der Waals surface area contributed by atoms with Crippen molar-refractivity contribution in [3.8, 4) is 22.3 Å². The molecule has 264 valence electrons. The Hall–Kier alpha value is -5.24. The van der Waals surface area contributed by atoms with Gasteiger partial charge in [0.2, 0.25) is 0 Å². The molecule has 0 radical (unpaired) electrons. The normalized spacial score (nSPS) is 10.7. The fourth-order valence-corrected chi connectivity index (χ4v) is 5.49. The molecule has 1 N–H and O–H groups in total. The van der Waals surface area contributed by atoms with Crippen LogP contribution in [0.2, 0.25) is 0 Å². The van der Waals surface area contributed by atoms with Gasteiger partial charge < -0.3 is 19.6 Å². The zero-order chi connectivity index (χ0) is 37.1. The molecule has 0 saturated carbocycles. The summed E-state index contributed by atoms with van der Waals surface area (Å²) in [6, 6.07) is 25.9. The number of rotatable bonds is 11. The minimum atomic E-state index is -1.04. The highest BCUT2D eigenvalue weighted by molar-refractivity contribution is 6.00. The van der Waals surface area contributed by atoms with Gasteiger partial charge in [-0.25, -0.2) is 9.59 Å². The Morgan fingerprint density at radius 2 is 0.940 bits per heavy atom. The first-order valence-electron chi connectivity index (χ1n) is 16.9. The van der Waals surface area contributed by atoms with E-state index >= 15 is 0 Å². The lowest BCUT2D eigenvalue weighted by molar-refractivity contribution is 0.0525. The van der Waals surface area contributed by atoms with Gasteiger partial charge in [0.15, 0.2) is 0 Å². The number of nitrogens with zero attached hydrogens (tertiary/aromatic N) is 2. The van der Waals surface area contributed by atoms with Crippen LogP contribution in [0.25, 0.3) is 22.3 Å². The molecule has 4 aromatic rings. The molecule has 0 aliphatic carbocycles. The van der Waals surface area contributed by atoms with Crippen molar-refractivity contribution in [2.24, 2.45) is 11.8 Å². The second kappa shape index (κ2) is 18.0. The van der Waals surface area contributed by atoms with Crippen molar-refractivity contribution in [3.63, 3.8) is 0 Å². The lowest BCUT2D eigenvalue weighted by Crippen LogP contribution is -2.30. The zero-order valence-corrected chi connectivity index (χ0v) is 30.7. The Labute approximate surface area is 296 Å². The van der Waals surface area contributed by atoms with Gasteiger partial charge in [0.25, 0.3) is 11.8 Å². The maximum absolute atomic E-state index is 12.8. The van der Waals surface area contributed by atoms with Gasteiger partial charge in [0.1, 0.15) is 0 Å². The van der Waals surface area contributed by atoms with E-state index in [2.05, 4.69) is 13.8 Å². The average Bonchev–Trinajstić information content (AvgIpc) is 3.07. The maximum atomic E-state index is 12.8. The molecule has 8 nitrogen and oxygen atoms in total. The van der Waals surface area contributed by atoms with E-state index < -0.39 is 11.9 Å². The summed E-state index contributed by atoms with van der Waals surface area (Å²) in [5, 5.41) is 9.37. The summed E-state index contributed by atoms with van der Waals surface area (Å²) in [7, 11) is 3.52. The molecule has 0 aromatic heterocycles. The van der Waals surface area contributed by atoms with E-state index in [1.54, 1.807) is 55.1 Å². The van der Waals surface area contributed by atoms with E-state index in [-0.39, 0.29) is 17.4 Å². The molecule has 8 heteroatoms. The minimum Gasteiger partial charge on any atom is -0.478 e. The van der Waals surface area contributed by atoms with Crippen LogP contribution in [0.15, 0.2) is 84.9 Å². The average molecular weight is 679 g/mol. The Balaban J connectivity index is 0.000000271. The quantitative estimate of drug-likeness (QED) is 0.159. The van der Waals surface area contributed by atoms with Crippen molar-refractivity contribution in [1.82, 2.24) is 9.80 Å². The monoisotopic (exact) mass is 678 g/mol. The Kier molecular flexibility index (Phi) is 14.1. The molecule has 0 saturated heterocycles. The van der Waals surface area contributed by atoms with E-state index in [4.69, 9.17) is 4.74 Å². The van der Waals surface area contributed by atoms with Crippen molar-refractivity contribution in [1.29, 1.82) is 0 Å². The largest absolute Gasteiger partial charge is 0.478 e. The number of hydrogen-bond acceptors (Lipinski definition) is 5. The van der Waals surface area contributed by atoms with E-state index in [9.17, 15) is 24.3 Å². The SMILES string of the molecule is CCOC(=O)c1cc(C(=O)N(C)CC(C)C)cc(-c2ccc(C)cc2)c1.Cc1ccc(-c2cc(C(=O)O)cc(C(=O)N(C)CC(C)C)c2)cc1. The molecule has 0 spiro atoms. The lowest BCUT2D eigenvalue weighted by atomic mass is 9.98. The molecule has 0 unspecified atom stereocenters. The van der Waals surface area contributed by atoms with Crippen LogP contribution in [0.1, 0.15) is 87.2 Å². The van der Waals surface area contributed by atoms with Crippen LogP contribution in [0.4, 0.5) is 0 Å².